The van der Waals surface area contributed by atoms with Crippen LogP contribution in [0.3, 0.4) is 0 Å². The van der Waals surface area contributed by atoms with E-state index in [0.717, 1.165) is 17.0 Å². The number of ether oxygens (including phenoxy) is 1. The van der Waals surface area contributed by atoms with Crippen molar-refractivity contribution in [1.29, 1.82) is 0 Å². The van der Waals surface area contributed by atoms with Crippen LogP contribution in [0, 0.1) is 0 Å². The van der Waals surface area contributed by atoms with Crippen LogP contribution in [-0.4, -0.2) is 18.4 Å². The van der Waals surface area contributed by atoms with E-state index in [-0.39, 0.29) is 0 Å². The topological polar surface area (TPSA) is 45.6 Å². The van der Waals surface area contributed by atoms with Gasteiger partial charge in [-0.3, -0.25) is 5.43 Å². The molecule has 0 atom stereocenters. The summed E-state index contributed by atoms with van der Waals surface area (Å²) in [5.74, 6) is 0.791. The lowest BCUT2D eigenvalue weighted by Crippen LogP contribution is -2.23. The molecule has 0 bridgehead atoms. The van der Waals surface area contributed by atoms with Crippen molar-refractivity contribution in [3.63, 3.8) is 0 Å². The van der Waals surface area contributed by atoms with Crippen LogP contribution in [0.5, 0.6) is 5.75 Å². The number of nitrogens with one attached hydrogen (secondary N) is 2. The lowest BCUT2D eigenvalue weighted by molar-refractivity contribution is 0.415. The lowest BCUT2D eigenvalue weighted by atomic mass is 10.2. The van der Waals surface area contributed by atoms with Crippen molar-refractivity contribution < 1.29 is 4.74 Å². The van der Waals surface area contributed by atoms with E-state index in [1.807, 2.05) is 54.6 Å². The Kier molecular flexibility index (Phi) is 5.08. The monoisotopic (exact) mass is 285 g/mol. The van der Waals surface area contributed by atoms with E-state index in [2.05, 4.69) is 15.8 Å². The summed E-state index contributed by atoms with van der Waals surface area (Å²) in [5, 5.41) is 7.55. The first-order valence-electron chi connectivity index (χ1n) is 6.07. The summed E-state index contributed by atoms with van der Waals surface area (Å²) in [5.41, 5.74) is 4.61. The normalized spacial score (nSPS) is 10.2. The average molecular weight is 285 g/mol. The highest BCUT2D eigenvalue weighted by atomic mass is 32.1. The molecule has 0 aromatic heterocycles. The van der Waals surface area contributed by atoms with Crippen molar-refractivity contribution >= 4 is 29.2 Å². The van der Waals surface area contributed by atoms with Gasteiger partial charge in [0.1, 0.15) is 5.75 Å². The van der Waals surface area contributed by atoms with Gasteiger partial charge in [-0.15, -0.1) is 0 Å². The number of methoxy groups -OCH3 is 1. The summed E-state index contributed by atoms with van der Waals surface area (Å²) in [4.78, 5) is 0. The van der Waals surface area contributed by atoms with Crippen LogP contribution in [0.4, 0.5) is 5.69 Å². The first kappa shape index (κ1) is 14.0. The van der Waals surface area contributed by atoms with Gasteiger partial charge in [0.25, 0.3) is 0 Å². The minimum Gasteiger partial charge on any atom is -0.497 e. The van der Waals surface area contributed by atoms with Crippen molar-refractivity contribution in [2.75, 3.05) is 12.4 Å². The molecule has 0 aliphatic carbocycles. The Morgan fingerprint density at radius 1 is 1.15 bits per heavy atom. The van der Waals surface area contributed by atoms with Gasteiger partial charge >= 0.3 is 0 Å². The molecule has 0 saturated carbocycles. The summed E-state index contributed by atoms with van der Waals surface area (Å²) in [6.07, 6.45) is 1.68. The Morgan fingerprint density at radius 2 is 1.95 bits per heavy atom. The molecule has 0 spiro atoms. The molecule has 102 valence electrons. The molecule has 0 unspecified atom stereocenters. The number of anilines is 1. The van der Waals surface area contributed by atoms with E-state index in [1.165, 1.54) is 0 Å². The third-order valence-corrected chi connectivity index (χ3v) is 2.70. The molecule has 0 aliphatic rings. The molecule has 2 aromatic carbocycles. The fourth-order valence-corrected chi connectivity index (χ4v) is 1.74. The highest BCUT2D eigenvalue weighted by Crippen LogP contribution is 2.10. The molecule has 0 fully saturated rings. The van der Waals surface area contributed by atoms with E-state index in [0.29, 0.717) is 5.11 Å². The average Bonchev–Trinajstić information content (AvgIpc) is 2.48. The predicted octanol–water partition coefficient (Wildman–Crippen LogP) is 3.02. The van der Waals surface area contributed by atoms with Gasteiger partial charge in [-0.1, -0.05) is 30.3 Å². The molecule has 0 saturated heterocycles. The lowest BCUT2D eigenvalue weighted by Gasteiger charge is -2.06. The minimum atomic E-state index is 0.440. The van der Waals surface area contributed by atoms with Gasteiger partial charge in [0, 0.05) is 5.69 Å². The van der Waals surface area contributed by atoms with Crippen LogP contribution in [-0.2, 0) is 0 Å². The molecular formula is C15H15N3OS. The number of hydrogen-bond acceptors (Lipinski definition) is 3. The minimum absolute atomic E-state index is 0.440. The van der Waals surface area contributed by atoms with E-state index < -0.39 is 0 Å². The first-order valence-corrected chi connectivity index (χ1v) is 6.48. The van der Waals surface area contributed by atoms with Gasteiger partial charge in [-0.25, -0.2) is 0 Å². The molecule has 4 nitrogen and oxygen atoms in total. The molecule has 2 N–H and O–H groups in total. The molecule has 20 heavy (non-hydrogen) atoms. The van der Waals surface area contributed by atoms with E-state index >= 15 is 0 Å². The van der Waals surface area contributed by atoms with Gasteiger partial charge in [-0.05, 0) is 42.0 Å². The zero-order valence-electron chi connectivity index (χ0n) is 11.0. The summed E-state index contributed by atoms with van der Waals surface area (Å²) in [6.45, 7) is 0. The number of benzene rings is 2. The van der Waals surface area contributed by atoms with E-state index in [1.54, 1.807) is 13.3 Å². The zero-order valence-corrected chi connectivity index (χ0v) is 11.9. The van der Waals surface area contributed by atoms with Gasteiger partial charge in [-0.2, -0.15) is 5.10 Å². The number of thiocarbonyl (C=S) groups is 1. The van der Waals surface area contributed by atoms with Crippen LogP contribution in [0.2, 0.25) is 0 Å². The second kappa shape index (κ2) is 7.25. The molecule has 0 heterocycles. The third kappa shape index (κ3) is 4.37. The Labute approximate surface area is 123 Å². The van der Waals surface area contributed by atoms with Crippen LogP contribution in [0.25, 0.3) is 0 Å². The molecular weight excluding hydrogens is 270 g/mol. The third-order valence-electron chi connectivity index (χ3n) is 2.51. The Morgan fingerprint density at radius 3 is 2.70 bits per heavy atom. The van der Waals surface area contributed by atoms with Crippen LogP contribution < -0.4 is 15.5 Å². The highest BCUT2D eigenvalue weighted by Gasteiger charge is 1.95. The molecule has 5 heteroatoms. The first-order chi connectivity index (χ1) is 9.78. The van der Waals surface area contributed by atoms with Crippen LogP contribution >= 0.6 is 12.2 Å². The van der Waals surface area contributed by atoms with Crippen LogP contribution in [0.1, 0.15) is 5.56 Å². The maximum absolute atomic E-state index is 5.14. The van der Waals surface area contributed by atoms with Gasteiger partial charge in [0.15, 0.2) is 5.11 Å². The number of hydrazone groups is 1. The molecule has 2 rings (SSSR count). The number of rotatable bonds is 4. The van der Waals surface area contributed by atoms with E-state index in [4.69, 9.17) is 17.0 Å². The van der Waals surface area contributed by atoms with Crippen molar-refractivity contribution in [1.82, 2.24) is 5.43 Å². The van der Waals surface area contributed by atoms with Gasteiger partial charge in [0.05, 0.1) is 13.3 Å². The summed E-state index contributed by atoms with van der Waals surface area (Å²) in [7, 11) is 1.63. The maximum atomic E-state index is 5.14. The number of nitrogens with zero attached hydrogens (tertiary/aromatic N) is 1. The molecule has 0 aliphatic heterocycles. The van der Waals surface area contributed by atoms with Crippen molar-refractivity contribution in [2.24, 2.45) is 5.10 Å². The number of hydrogen-bond donors (Lipinski definition) is 2. The molecule has 0 radical (unpaired) electrons. The van der Waals surface area contributed by atoms with Gasteiger partial charge < -0.3 is 10.1 Å². The summed E-state index contributed by atoms with van der Waals surface area (Å²) >= 11 is 5.14. The Hall–Kier alpha value is -2.40. The molecule has 2 aromatic rings. The summed E-state index contributed by atoms with van der Waals surface area (Å²) < 4.78 is 5.14. The highest BCUT2D eigenvalue weighted by molar-refractivity contribution is 7.80. The zero-order chi connectivity index (χ0) is 14.2. The summed E-state index contributed by atoms with van der Waals surface area (Å²) in [6, 6.07) is 17.3. The second-order valence-electron chi connectivity index (χ2n) is 3.97. The smallest absolute Gasteiger partial charge is 0.191 e. The molecule has 0 amide bonds. The number of para-hydroxylation sites is 1. The standard InChI is InChI=1S/C15H15N3OS/c1-19-14-9-5-6-12(10-14)11-16-18-15(20)17-13-7-3-2-4-8-13/h2-11H,1H3,(H2,17,18,20)/b16-11-. The maximum Gasteiger partial charge on any atom is 0.191 e. The Bertz CT molecular complexity index is 599. The SMILES string of the molecule is COc1cccc(/C=N\NC(=S)Nc2ccccc2)c1. The predicted molar refractivity (Wildman–Crippen MR) is 86.4 cm³/mol. The van der Waals surface area contributed by atoms with Crippen molar-refractivity contribution in [2.45, 2.75) is 0 Å². The largest absolute Gasteiger partial charge is 0.497 e. The van der Waals surface area contributed by atoms with E-state index in [9.17, 15) is 0 Å². The fraction of sp³-hybridized carbons (Fsp3) is 0.0667. The van der Waals surface area contributed by atoms with Crippen LogP contribution in [0.15, 0.2) is 59.7 Å². The van der Waals surface area contributed by atoms with Crippen molar-refractivity contribution in [3.8, 4) is 5.75 Å². The van der Waals surface area contributed by atoms with Gasteiger partial charge in [0.2, 0.25) is 0 Å². The fourth-order valence-electron chi connectivity index (χ4n) is 1.57. The van der Waals surface area contributed by atoms with Crippen molar-refractivity contribution in [3.05, 3.63) is 60.2 Å². The second-order valence-corrected chi connectivity index (χ2v) is 4.38. The quantitative estimate of drug-likeness (QED) is 0.515. The Balaban J connectivity index is 1.88.